The summed E-state index contributed by atoms with van der Waals surface area (Å²) in [6, 6.07) is 10.7. The van der Waals surface area contributed by atoms with Crippen LogP contribution in [0.3, 0.4) is 0 Å². The highest BCUT2D eigenvalue weighted by atomic mass is 35.5. The molecule has 0 spiro atoms. The third-order valence-corrected chi connectivity index (χ3v) is 5.13. The first kappa shape index (κ1) is 18.0. The van der Waals surface area contributed by atoms with Gasteiger partial charge in [0.15, 0.2) is 0 Å². The van der Waals surface area contributed by atoms with E-state index >= 15 is 0 Å². The first-order chi connectivity index (χ1) is 12.8. The molecule has 140 valence electrons. The number of hydrogen-bond donors (Lipinski definition) is 0. The minimum atomic E-state index is -0.205. The van der Waals surface area contributed by atoms with Gasteiger partial charge in [-0.1, -0.05) is 17.3 Å². The molecule has 1 fully saturated rings. The van der Waals surface area contributed by atoms with Gasteiger partial charge in [0.05, 0.1) is 24.4 Å². The van der Waals surface area contributed by atoms with Crippen LogP contribution in [0.25, 0.3) is 11.3 Å². The van der Waals surface area contributed by atoms with E-state index in [0.717, 1.165) is 42.1 Å². The molecule has 2 aliphatic heterocycles. The summed E-state index contributed by atoms with van der Waals surface area (Å²) in [4.78, 5) is 6.38. The average molecular weight is 388 g/mol. The van der Waals surface area contributed by atoms with E-state index in [1.165, 1.54) is 12.1 Å². The molecule has 0 bridgehead atoms. The summed E-state index contributed by atoms with van der Waals surface area (Å²) in [6.07, 6.45) is 3.62. The Morgan fingerprint density at radius 3 is 2.63 bits per heavy atom. The van der Waals surface area contributed by atoms with Crippen LogP contribution in [-0.4, -0.2) is 44.1 Å². The fraction of sp³-hybridized carbons (Fsp3) is 0.316. The third-order valence-electron chi connectivity index (χ3n) is 5.13. The van der Waals surface area contributed by atoms with E-state index in [2.05, 4.69) is 20.2 Å². The first-order valence-corrected chi connectivity index (χ1v) is 8.71. The number of nitrogens with zero attached hydrogens (tertiary/aromatic N) is 5. The van der Waals surface area contributed by atoms with E-state index in [0.29, 0.717) is 6.61 Å². The molecule has 5 rings (SSSR count). The van der Waals surface area contributed by atoms with Crippen LogP contribution in [0.4, 0.5) is 4.39 Å². The minimum Gasteiger partial charge on any atom is -0.368 e. The standard InChI is InChI=1S/C19H18FN5O.ClH/c20-15-3-1-13(2-4-15)9-24-10-16-18(11-24)26-12-17-19(22-23-25(16)17)14-5-7-21-8-6-14;/h1-8,16,18H,9-12H2;1H/t16-,18-;/m0./s1. The van der Waals surface area contributed by atoms with Gasteiger partial charge in [0.25, 0.3) is 0 Å². The van der Waals surface area contributed by atoms with Crippen LogP contribution in [0.1, 0.15) is 17.3 Å². The third kappa shape index (κ3) is 3.34. The molecule has 2 aliphatic rings. The molecular formula is C19H19ClFN5O. The van der Waals surface area contributed by atoms with Gasteiger partial charge < -0.3 is 4.74 Å². The van der Waals surface area contributed by atoms with Crippen LogP contribution in [0, 0.1) is 5.82 Å². The highest BCUT2D eigenvalue weighted by molar-refractivity contribution is 5.85. The number of rotatable bonds is 3. The Kier molecular flexibility index (Phi) is 4.90. The molecule has 1 saturated heterocycles. The Morgan fingerprint density at radius 1 is 1.07 bits per heavy atom. The second-order valence-corrected chi connectivity index (χ2v) is 6.80. The van der Waals surface area contributed by atoms with Crippen molar-refractivity contribution in [3.05, 3.63) is 65.9 Å². The van der Waals surface area contributed by atoms with Gasteiger partial charge in [-0.2, -0.15) is 0 Å². The van der Waals surface area contributed by atoms with E-state index < -0.39 is 0 Å². The molecule has 6 nitrogen and oxygen atoms in total. The topological polar surface area (TPSA) is 56.1 Å². The smallest absolute Gasteiger partial charge is 0.123 e. The zero-order chi connectivity index (χ0) is 17.5. The zero-order valence-corrected chi connectivity index (χ0v) is 15.3. The lowest BCUT2D eigenvalue weighted by Crippen LogP contribution is -2.32. The highest BCUT2D eigenvalue weighted by Gasteiger charge is 2.40. The number of benzene rings is 1. The van der Waals surface area contributed by atoms with Crippen molar-refractivity contribution < 1.29 is 9.13 Å². The maximum Gasteiger partial charge on any atom is 0.123 e. The lowest BCUT2D eigenvalue weighted by atomic mass is 10.1. The van der Waals surface area contributed by atoms with Gasteiger partial charge >= 0.3 is 0 Å². The maximum atomic E-state index is 13.1. The molecule has 0 unspecified atom stereocenters. The minimum absolute atomic E-state index is 0. The molecule has 8 heteroatoms. The SMILES string of the molecule is Cl.Fc1ccc(CN2C[C@@H]3OCc4c(-c5ccncc5)nnn4[C@H]3C2)cc1. The van der Waals surface area contributed by atoms with Gasteiger partial charge in [0, 0.05) is 37.6 Å². The number of hydrogen-bond acceptors (Lipinski definition) is 5. The number of fused-ring (bicyclic) bond motifs is 3. The number of ether oxygens (including phenoxy) is 1. The summed E-state index contributed by atoms with van der Waals surface area (Å²) < 4.78 is 21.2. The first-order valence-electron chi connectivity index (χ1n) is 8.71. The molecule has 0 N–H and O–H groups in total. The lowest BCUT2D eigenvalue weighted by molar-refractivity contribution is -0.00494. The quantitative estimate of drug-likeness (QED) is 0.691. The molecule has 0 amide bonds. The molecule has 2 aromatic heterocycles. The Labute approximate surface area is 162 Å². The largest absolute Gasteiger partial charge is 0.368 e. The molecule has 0 aliphatic carbocycles. The Balaban J connectivity index is 0.00000180. The molecule has 0 radical (unpaired) electrons. The number of aromatic nitrogens is 4. The predicted octanol–water partition coefficient (Wildman–Crippen LogP) is 2.86. The summed E-state index contributed by atoms with van der Waals surface area (Å²) in [7, 11) is 0. The Hall–Kier alpha value is -2.35. The zero-order valence-electron chi connectivity index (χ0n) is 14.5. The van der Waals surface area contributed by atoms with Crippen molar-refractivity contribution in [2.24, 2.45) is 0 Å². The normalized spacial score (nSPS) is 21.4. The molecule has 1 aromatic carbocycles. The summed E-state index contributed by atoms with van der Waals surface area (Å²) >= 11 is 0. The summed E-state index contributed by atoms with van der Waals surface area (Å²) in [5, 5.41) is 8.81. The molecular weight excluding hydrogens is 369 g/mol. The van der Waals surface area contributed by atoms with Crippen molar-refractivity contribution in [3.8, 4) is 11.3 Å². The van der Waals surface area contributed by atoms with Gasteiger partial charge in [-0.25, -0.2) is 9.07 Å². The van der Waals surface area contributed by atoms with E-state index in [9.17, 15) is 4.39 Å². The average Bonchev–Trinajstić information content (AvgIpc) is 3.27. The van der Waals surface area contributed by atoms with Crippen molar-refractivity contribution in [1.29, 1.82) is 0 Å². The van der Waals surface area contributed by atoms with Gasteiger partial charge in [-0.05, 0) is 29.8 Å². The second-order valence-electron chi connectivity index (χ2n) is 6.80. The number of halogens is 2. The van der Waals surface area contributed by atoms with Crippen LogP contribution < -0.4 is 0 Å². The molecule has 3 aromatic rings. The molecule has 2 atom stereocenters. The van der Waals surface area contributed by atoms with Gasteiger partial charge in [0.1, 0.15) is 11.5 Å². The van der Waals surface area contributed by atoms with Gasteiger partial charge in [-0.15, -0.1) is 17.5 Å². The van der Waals surface area contributed by atoms with E-state index in [-0.39, 0.29) is 30.4 Å². The summed E-state index contributed by atoms with van der Waals surface area (Å²) in [5.41, 5.74) is 3.98. The van der Waals surface area contributed by atoms with Crippen molar-refractivity contribution in [2.75, 3.05) is 13.1 Å². The molecule has 27 heavy (non-hydrogen) atoms. The fourth-order valence-electron chi connectivity index (χ4n) is 3.84. The highest BCUT2D eigenvalue weighted by Crippen LogP contribution is 2.34. The summed E-state index contributed by atoms with van der Waals surface area (Å²) in [6.45, 7) is 2.97. The molecule has 4 heterocycles. The molecule has 0 saturated carbocycles. The van der Waals surface area contributed by atoms with Crippen LogP contribution in [0.2, 0.25) is 0 Å². The number of pyridine rings is 1. The van der Waals surface area contributed by atoms with Crippen molar-refractivity contribution in [3.63, 3.8) is 0 Å². The number of likely N-dealkylation sites (tertiary alicyclic amines) is 1. The Bertz CT molecular complexity index is 918. The Morgan fingerprint density at radius 2 is 1.85 bits per heavy atom. The predicted molar refractivity (Wildman–Crippen MR) is 99.8 cm³/mol. The van der Waals surface area contributed by atoms with E-state index in [4.69, 9.17) is 4.74 Å². The van der Waals surface area contributed by atoms with Crippen LogP contribution in [-0.2, 0) is 17.9 Å². The van der Waals surface area contributed by atoms with Gasteiger partial charge in [-0.3, -0.25) is 9.88 Å². The van der Waals surface area contributed by atoms with E-state index in [1.807, 2.05) is 28.9 Å². The van der Waals surface area contributed by atoms with Gasteiger partial charge in [0.2, 0.25) is 0 Å². The van der Waals surface area contributed by atoms with Crippen molar-refractivity contribution in [2.45, 2.75) is 25.3 Å². The summed E-state index contributed by atoms with van der Waals surface area (Å²) in [5.74, 6) is -0.205. The van der Waals surface area contributed by atoms with Crippen LogP contribution >= 0.6 is 12.4 Å². The monoisotopic (exact) mass is 387 g/mol. The van der Waals surface area contributed by atoms with Crippen molar-refractivity contribution >= 4 is 12.4 Å². The van der Waals surface area contributed by atoms with Crippen LogP contribution in [0.5, 0.6) is 0 Å². The van der Waals surface area contributed by atoms with Crippen molar-refractivity contribution in [1.82, 2.24) is 24.9 Å². The fourth-order valence-corrected chi connectivity index (χ4v) is 3.84. The lowest BCUT2D eigenvalue weighted by Gasteiger charge is -2.26. The second kappa shape index (κ2) is 7.34. The maximum absolute atomic E-state index is 13.1. The van der Waals surface area contributed by atoms with E-state index in [1.54, 1.807) is 12.4 Å². The van der Waals surface area contributed by atoms with Crippen LogP contribution in [0.15, 0.2) is 48.8 Å².